The Labute approximate surface area is 102 Å². The van der Waals surface area contributed by atoms with Gasteiger partial charge in [0.25, 0.3) is 0 Å². The molecule has 0 radical (unpaired) electrons. The Morgan fingerprint density at radius 2 is 1.94 bits per heavy atom. The Kier molecular flexibility index (Phi) is 2.67. The minimum absolute atomic E-state index is 0.319. The van der Waals surface area contributed by atoms with Crippen LogP contribution in [-0.2, 0) is 10.0 Å². The Balaban J connectivity index is 1.86. The number of fused-ring (bicyclic) bond motifs is 1. The van der Waals surface area contributed by atoms with Gasteiger partial charge >= 0.3 is 0 Å². The molecule has 1 aromatic heterocycles. The van der Waals surface area contributed by atoms with E-state index in [-0.39, 0.29) is 0 Å². The summed E-state index contributed by atoms with van der Waals surface area (Å²) >= 11 is 0. The minimum Gasteiger partial charge on any atom is -0.263 e. The normalized spacial score (nSPS) is 29.4. The molecule has 2 unspecified atom stereocenters. The van der Waals surface area contributed by atoms with Gasteiger partial charge in [-0.15, -0.1) is 0 Å². The molecule has 2 aliphatic rings. The molecule has 0 aromatic carbocycles. The Hall–Kier alpha value is -0.940. The summed E-state index contributed by atoms with van der Waals surface area (Å²) in [7, 11) is -3.31. The van der Waals surface area contributed by atoms with Gasteiger partial charge < -0.3 is 0 Å². The number of hydrogen-bond acceptors (Lipinski definition) is 3. The first-order chi connectivity index (χ1) is 8.18. The molecule has 3 rings (SSSR count). The largest absolute Gasteiger partial charge is 0.263 e. The highest BCUT2D eigenvalue weighted by Gasteiger charge is 2.41. The average Bonchev–Trinajstić information content (AvgIpc) is 2.90. The summed E-state index contributed by atoms with van der Waals surface area (Å²) in [5.74, 6) is 1.17. The summed E-state index contributed by atoms with van der Waals surface area (Å²) in [6.45, 7) is 1.39. The highest BCUT2D eigenvalue weighted by Crippen LogP contribution is 2.39. The van der Waals surface area contributed by atoms with Crippen molar-refractivity contribution in [3.05, 3.63) is 24.5 Å². The van der Waals surface area contributed by atoms with E-state index >= 15 is 0 Å². The van der Waals surface area contributed by atoms with Gasteiger partial charge in [0.1, 0.15) is 4.90 Å². The van der Waals surface area contributed by atoms with Gasteiger partial charge in [0, 0.05) is 25.5 Å². The van der Waals surface area contributed by atoms with Crippen molar-refractivity contribution in [3.8, 4) is 0 Å². The molecule has 2 fully saturated rings. The summed E-state index contributed by atoms with van der Waals surface area (Å²) in [6, 6.07) is 3.29. The fourth-order valence-electron chi connectivity index (χ4n) is 3.04. The first-order valence-electron chi connectivity index (χ1n) is 6.08. The molecule has 0 amide bonds. The van der Waals surface area contributed by atoms with Crippen molar-refractivity contribution in [1.82, 2.24) is 9.29 Å². The van der Waals surface area contributed by atoms with Crippen molar-refractivity contribution in [2.24, 2.45) is 11.8 Å². The van der Waals surface area contributed by atoms with Crippen LogP contribution in [0.25, 0.3) is 0 Å². The van der Waals surface area contributed by atoms with Gasteiger partial charge in [-0.3, -0.25) is 4.98 Å². The Morgan fingerprint density at radius 1 is 1.24 bits per heavy atom. The van der Waals surface area contributed by atoms with Crippen molar-refractivity contribution in [2.45, 2.75) is 24.2 Å². The monoisotopic (exact) mass is 252 g/mol. The van der Waals surface area contributed by atoms with Gasteiger partial charge in [-0.05, 0) is 36.8 Å². The molecular formula is C12H16N2O2S. The van der Waals surface area contributed by atoms with E-state index in [0.717, 1.165) is 0 Å². The zero-order valence-corrected chi connectivity index (χ0v) is 10.4. The summed E-state index contributed by atoms with van der Waals surface area (Å²) in [6.07, 6.45) is 6.66. The minimum atomic E-state index is -3.31. The lowest BCUT2D eigenvalue weighted by Crippen LogP contribution is -2.29. The highest BCUT2D eigenvalue weighted by molar-refractivity contribution is 7.89. The molecule has 0 N–H and O–H groups in total. The Bertz CT molecular complexity index is 488. The second kappa shape index (κ2) is 4.07. The van der Waals surface area contributed by atoms with Crippen molar-refractivity contribution >= 4 is 10.0 Å². The molecule has 2 heterocycles. The van der Waals surface area contributed by atoms with Crippen LogP contribution in [0.2, 0.25) is 0 Å². The number of hydrogen-bond donors (Lipinski definition) is 0. The third kappa shape index (κ3) is 1.87. The van der Waals surface area contributed by atoms with Crippen LogP contribution in [0.15, 0.2) is 29.4 Å². The Morgan fingerprint density at radius 3 is 2.53 bits per heavy atom. The third-order valence-electron chi connectivity index (χ3n) is 3.96. The molecule has 1 aliphatic carbocycles. The average molecular weight is 252 g/mol. The van der Waals surface area contributed by atoms with E-state index in [9.17, 15) is 8.42 Å². The molecule has 1 aliphatic heterocycles. The summed E-state index contributed by atoms with van der Waals surface area (Å²) in [5, 5.41) is 0. The maximum Gasteiger partial charge on any atom is 0.244 e. The van der Waals surface area contributed by atoms with Gasteiger partial charge in [0.05, 0.1) is 0 Å². The number of nitrogens with zero attached hydrogens (tertiary/aromatic N) is 2. The predicted octanol–water partition coefficient (Wildman–Crippen LogP) is 1.50. The van der Waals surface area contributed by atoms with E-state index in [2.05, 4.69) is 4.98 Å². The summed E-state index contributed by atoms with van der Waals surface area (Å²) in [5.41, 5.74) is 0. The highest BCUT2D eigenvalue weighted by atomic mass is 32.2. The molecular weight excluding hydrogens is 236 g/mol. The van der Waals surface area contributed by atoms with Crippen molar-refractivity contribution in [1.29, 1.82) is 0 Å². The number of sulfonamides is 1. The van der Waals surface area contributed by atoms with Crippen LogP contribution in [0.5, 0.6) is 0 Å². The van der Waals surface area contributed by atoms with Crippen LogP contribution >= 0.6 is 0 Å². The van der Waals surface area contributed by atoms with E-state index in [1.54, 1.807) is 22.6 Å². The van der Waals surface area contributed by atoms with Gasteiger partial charge in [0.15, 0.2) is 0 Å². The lowest BCUT2D eigenvalue weighted by molar-refractivity contribution is 0.445. The number of pyridine rings is 1. The van der Waals surface area contributed by atoms with E-state index in [0.29, 0.717) is 29.8 Å². The fraction of sp³-hybridized carbons (Fsp3) is 0.583. The molecule has 17 heavy (non-hydrogen) atoms. The van der Waals surface area contributed by atoms with Crippen LogP contribution in [0.4, 0.5) is 0 Å². The molecule has 92 valence electrons. The van der Waals surface area contributed by atoms with Crippen LogP contribution in [0, 0.1) is 11.8 Å². The molecule has 4 nitrogen and oxygen atoms in total. The van der Waals surface area contributed by atoms with Crippen LogP contribution < -0.4 is 0 Å². The quantitative estimate of drug-likeness (QED) is 0.801. The second-order valence-electron chi connectivity index (χ2n) is 4.96. The predicted molar refractivity (Wildman–Crippen MR) is 63.8 cm³/mol. The molecule has 5 heteroatoms. The van der Waals surface area contributed by atoms with Gasteiger partial charge in [0.2, 0.25) is 10.0 Å². The zero-order chi connectivity index (χ0) is 11.9. The molecule has 0 spiro atoms. The molecule has 2 atom stereocenters. The number of rotatable bonds is 2. The van der Waals surface area contributed by atoms with Crippen molar-refractivity contribution in [2.75, 3.05) is 13.1 Å². The lowest BCUT2D eigenvalue weighted by atomic mass is 10.0. The fourth-order valence-corrected chi connectivity index (χ4v) is 4.56. The molecule has 1 saturated carbocycles. The van der Waals surface area contributed by atoms with E-state index < -0.39 is 10.0 Å². The van der Waals surface area contributed by atoms with Crippen LogP contribution in [0.1, 0.15) is 19.3 Å². The van der Waals surface area contributed by atoms with Gasteiger partial charge in [-0.1, -0.05) is 6.42 Å². The maximum atomic E-state index is 12.4. The summed E-state index contributed by atoms with van der Waals surface area (Å²) in [4.78, 5) is 4.21. The van der Waals surface area contributed by atoms with Crippen LogP contribution in [-0.4, -0.2) is 30.8 Å². The van der Waals surface area contributed by atoms with E-state index in [4.69, 9.17) is 0 Å². The lowest BCUT2D eigenvalue weighted by Gasteiger charge is -2.16. The van der Waals surface area contributed by atoms with Crippen molar-refractivity contribution in [3.63, 3.8) is 0 Å². The smallest absolute Gasteiger partial charge is 0.244 e. The molecule has 1 aromatic rings. The summed E-state index contributed by atoms with van der Waals surface area (Å²) < 4.78 is 26.3. The SMILES string of the molecule is O=S(=O)(c1cccnc1)N1CC2CCCC2C1. The third-order valence-corrected chi connectivity index (χ3v) is 5.78. The van der Waals surface area contributed by atoms with E-state index in [1.807, 2.05) is 0 Å². The van der Waals surface area contributed by atoms with Gasteiger partial charge in [-0.2, -0.15) is 4.31 Å². The standard InChI is InChI=1S/C12H16N2O2S/c15-17(16,12-5-2-6-13-7-12)14-8-10-3-1-4-11(10)9-14/h2,5-7,10-11H,1,3-4,8-9H2. The first kappa shape index (κ1) is 11.2. The zero-order valence-electron chi connectivity index (χ0n) is 9.62. The van der Waals surface area contributed by atoms with E-state index in [1.165, 1.54) is 25.5 Å². The topological polar surface area (TPSA) is 50.3 Å². The van der Waals surface area contributed by atoms with Crippen molar-refractivity contribution < 1.29 is 8.42 Å². The molecule has 0 bridgehead atoms. The first-order valence-corrected chi connectivity index (χ1v) is 7.52. The second-order valence-corrected chi connectivity index (χ2v) is 6.90. The maximum absolute atomic E-state index is 12.4. The van der Waals surface area contributed by atoms with Gasteiger partial charge in [-0.25, -0.2) is 8.42 Å². The van der Waals surface area contributed by atoms with Crippen LogP contribution in [0.3, 0.4) is 0 Å². The number of aromatic nitrogens is 1. The molecule has 1 saturated heterocycles.